The Balaban J connectivity index is 3.18. The van der Waals surface area contributed by atoms with Gasteiger partial charge in [-0.2, -0.15) is 0 Å². The highest BCUT2D eigenvalue weighted by molar-refractivity contribution is 8.13. The molecule has 5 nitrogen and oxygen atoms in total. The van der Waals surface area contributed by atoms with Gasteiger partial charge in [0.25, 0.3) is 15.0 Å². The lowest BCUT2D eigenvalue weighted by molar-refractivity contribution is 0.0610. The summed E-state index contributed by atoms with van der Waals surface area (Å²) in [5.41, 5.74) is -0.00953. The zero-order valence-corrected chi connectivity index (χ0v) is 13.3. The summed E-state index contributed by atoms with van der Waals surface area (Å²) in [4.78, 5) is 13.9. The first kappa shape index (κ1) is 16.0. The van der Waals surface area contributed by atoms with Crippen LogP contribution in [0.3, 0.4) is 0 Å². The molecule has 0 saturated heterocycles. The summed E-state index contributed by atoms with van der Waals surface area (Å²) in [5, 5.41) is 0. The number of carbonyl (C=O) groups excluding carboxylic acids is 1. The number of carbonyl (C=O) groups is 1. The fraction of sp³-hybridized carbons (Fsp3) is 0.583. The lowest BCUT2D eigenvalue weighted by Crippen LogP contribution is -2.45. The van der Waals surface area contributed by atoms with E-state index in [1.807, 2.05) is 20.8 Å². The minimum atomic E-state index is -3.82. The normalized spacial score (nSPS) is 12.5. The maximum Gasteiger partial charge on any atom is 0.270 e. The van der Waals surface area contributed by atoms with Gasteiger partial charge in [-0.1, -0.05) is 6.92 Å². The maximum atomic E-state index is 12.4. The lowest BCUT2D eigenvalue weighted by Gasteiger charge is -2.34. The summed E-state index contributed by atoms with van der Waals surface area (Å²) in [6, 6.07) is 1.30. The van der Waals surface area contributed by atoms with Crippen LogP contribution in [0.1, 0.15) is 37.7 Å². The Morgan fingerprint density at radius 1 is 1.47 bits per heavy atom. The fourth-order valence-corrected chi connectivity index (χ4v) is 2.35. The average molecular weight is 307 g/mol. The summed E-state index contributed by atoms with van der Waals surface area (Å²) in [6.07, 6.45) is 2.13. The summed E-state index contributed by atoms with van der Waals surface area (Å²) < 4.78 is 24.0. The number of halogens is 1. The Morgan fingerprint density at radius 3 is 2.37 bits per heavy atom. The van der Waals surface area contributed by atoms with E-state index in [2.05, 4.69) is 0 Å². The molecule has 0 aliphatic rings. The van der Waals surface area contributed by atoms with Crippen molar-refractivity contribution in [2.75, 3.05) is 7.05 Å². The SMILES string of the molecule is CCC(C)(C)N(C)C(=O)c1cc(S(=O)(=O)Cl)cn1C. The van der Waals surface area contributed by atoms with Gasteiger partial charge in [-0.05, 0) is 26.3 Å². The van der Waals surface area contributed by atoms with Crippen LogP contribution in [0.5, 0.6) is 0 Å². The fourth-order valence-electron chi connectivity index (χ4n) is 1.56. The first-order chi connectivity index (χ1) is 8.50. The van der Waals surface area contributed by atoms with Gasteiger partial charge >= 0.3 is 0 Å². The van der Waals surface area contributed by atoms with Gasteiger partial charge in [0, 0.05) is 36.5 Å². The van der Waals surface area contributed by atoms with E-state index >= 15 is 0 Å². The van der Waals surface area contributed by atoms with Crippen molar-refractivity contribution in [3.63, 3.8) is 0 Å². The van der Waals surface area contributed by atoms with Crippen LogP contribution >= 0.6 is 10.7 Å². The van der Waals surface area contributed by atoms with E-state index < -0.39 is 9.05 Å². The van der Waals surface area contributed by atoms with Gasteiger partial charge < -0.3 is 9.47 Å². The number of hydrogen-bond acceptors (Lipinski definition) is 3. The molecule has 1 aromatic rings. The Bertz CT molecular complexity index is 590. The van der Waals surface area contributed by atoms with Gasteiger partial charge in [0.2, 0.25) is 0 Å². The maximum absolute atomic E-state index is 12.4. The van der Waals surface area contributed by atoms with Gasteiger partial charge in [0.1, 0.15) is 10.6 Å². The Morgan fingerprint density at radius 2 is 2.00 bits per heavy atom. The average Bonchev–Trinajstić information content (AvgIpc) is 2.69. The van der Waals surface area contributed by atoms with Crippen molar-refractivity contribution >= 4 is 25.6 Å². The van der Waals surface area contributed by atoms with E-state index in [0.29, 0.717) is 5.69 Å². The Hall–Kier alpha value is -1.01. The Kier molecular flexibility index (Phi) is 4.37. The zero-order valence-electron chi connectivity index (χ0n) is 11.8. The molecule has 1 amide bonds. The number of amides is 1. The predicted octanol–water partition coefficient (Wildman–Crippen LogP) is 2.21. The molecular formula is C12H19ClN2O3S. The van der Waals surface area contributed by atoms with Crippen molar-refractivity contribution in [1.82, 2.24) is 9.47 Å². The molecule has 1 heterocycles. The predicted molar refractivity (Wildman–Crippen MR) is 74.9 cm³/mol. The van der Waals surface area contributed by atoms with E-state index in [9.17, 15) is 13.2 Å². The number of aromatic nitrogens is 1. The first-order valence-electron chi connectivity index (χ1n) is 5.90. The number of hydrogen-bond donors (Lipinski definition) is 0. The third-order valence-corrected chi connectivity index (χ3v) is 4.88. The van der Waals surface area contributed by atoms with Gasteiger partial charge in [-0.15, -0.1) is 0 Å². The largest absolute Gasteiger partial charge is 0.345 e. The molecule has 1 rings (SSSR count). The molecule has 0 bridgehead atoms. The van der Waals surface area contributed by atoms with Crippen LogP contribution in [-0.2, 0) is 16.1 Å². The molecule has 108 valence electrons. The zero-order chi connectivity index (χ0) is 15.0. The Labute approximate surface area is 118 Å². The quantitative estimate of drug-likeness (QED) is 0.801. The van der Waals surface area contributed by atoms with E-state index in [4.69, 9.17) is 10.7 Å². The van der Waals surface area contributed by atoms with Crippen LogP contribution in [0.4, 0.5) is 0 Å². The van der Waals surface area contributed by atoms with Gasteiger partial charge in [-0.3, -0.25) is 4.79 Å². The second-order valence-corrected chi connectivity index (χ2v) is 7.71. The molecule has 1 aromatic heterocycles. The molecule has 0 spiro atoms. The van der Waals surface area contributed by atoms with Crippen LogP contribution in [0.15, 0.2) is 17.2 Å². The third kappa shape index (κ3) is 3.30. The van der Waals surface area contributed by atoms with E-state index in [1.165, 1.54) is 16.8 Å². The van der Waals surface area contributed by atoms with Crippen LogP contribution < -0.4 is 0 Å². The molecule has 0 atom stereocenters. The van der Waals surface area contributed by atoms with E-state index in [-0.39, 0.29) is 16.3 Å². The summed E-state index contributed by atoms with van der Waals surface area (Å²) in [7, 11) is 4.77. The van der Waals surface area contributed by atoms with Crippen molar-refractivity contribution in [2.45, 2.75) is 37.6 Å². The van der Waals surface area contributed by atoms with E-state index in [0.717, 1.165) is 6.42 Å². The standard InChI is InChI=1S/C12H19ClN2O3S/c1-6-12(2,3)15(5)11(16)10-7-9(8-14(10)4)19(13,17)18/h7-8H,6H2,1-5H3. The van der Waals surface area contributed by atoms with Crippen molar-refractivity contribution in [1.29, 1.82) is 0 Å². The van der Waals surface area contributed by atoms with Crippen molar-refractivity contribution in [2.24, 2.45) is 7.05 Å². The second-order valence-electron chi connectivity index (χ2n) is 5.14. The molecule has 0 radical (unpaired) electrons. The summed E-state index contributed by atoms with van der Waals surface area (Å²) in [6.45, 7) is 5.89. The topological polar surface area (TPSA) is 59.4 Å². The molecule has 0 saturated carbocycles. The molecule has 0 unspecified atom stereocenters. The molecular weight excluding hydrogens is 288 g/mol. The summed E-state index contributed by atoms with van der Waals surface area (Å²) >= 11 is 0. The third-order valence-electron chi connectivity index (χ3n) is 3.56. The van der Waals surface area contributed by atoms with Gasteiger partial charge in [-0.25, -0.2) is 8.42 Å². The number of rotatable bonds is 4. The van der Waals surface area contributed by atoms with Crippen LogP contribution in [0.25, 0.3) is 0 Å². The molecule has 0 N–H and O–H groups in total. The highest BCUT2D eigenvalue weighted by Crippen LogP contribution is 2.22. The molecule has 19 heavy (non-hydrogen) atoms. The van der Waals surface area contributed by atoms with Crippen molar-refractivity contribution in [3.05, 3.63) is 18.0 Å². The highest BCUT2D eigenvalue weighted by atomic mass is 35.7. The molecule has 7 heteroatoms. The van der Waals surface area contributed by atoms with Gasteiger partial charge in [0.05, 0.1) is 0 Å². The monoisotopic (exact) mass is 306 g/mol. The van der Waals surface area contributed by atoms with Crippen molar-refractivity contribution in [3.8, 4) is 0 Å². The van der Waals surface area contributed by atoms with Gasteiger partial charge in [0.15, 0.2) is 0 Å². The summed E-state index contributed by atoms with van der Waals surface area (Å²) in [5.74, 6) is -0.235. The second kappa shape index (κ2) is 5.17. The number of nitrogens with zero attached hydrogens (tertiary/aromatic N) is 2. The molecule has 0 fully saturated rings. The van der Waals surface area contributed by atoms with E-state index in [1.54, 1.807) is 19.0 Å². The molecule has 0 aliphatic heterocycles. The minimum Gasteiger partial charge on any atom is -0.345 e. The van der Waals surface area contributed by atoms with Crippen LogP contribution in [0.2, 0.25) is 0 Å². The lowest BCUT2D eigenvalue weighted by atomic mass is 9.99. The number of aryl methyl sites for hydroxylation is 1. The molecule has 0 aromatic carbocycles. The smallest absolute Gasteiger partial charge is 0.270 e. The molecule has 0 aliphatic carbocycles. The van der Waals surface area contributed by atoms with Crippen LogP contribution in [0, 0.1) is 0 Å². The first-order valence-corrected chi connectivity index (χ1v) is 8.21. The minimum absolute atomic E-state index is 0.0669. The highest BCUT2D eigenvalue weighted by Gasteiger charge is 2.29. The van der Waals surface area contributed by atoms with Crippen LogP contribution in [-0.4, -0.2) is 36.4 Å². The van der Waals surface area contributed by atoms with Crippen molar-refractivity contribution < 1.29 is 13.2 Å².